The Balaban J connectivity index is 2.16. The summed E-state index contributed by atoms with van der Waals surface area (Å²) in [5.41, 5.74) is 2.70. The molecule has 0 atom stereocenters. The van der Waals surface area contributed by atoms with Crippen molar-refractivity contribution in [2.75, 3.05) is 5.32 Å². The van der Waals surface area contributed by atoms with Crippen LogP contribution < -0.4 is 5.32 Å². The van der Waals surface area contributed by atoms with Crippen LogP contribution in [0.2, 0.25) is 0 Å². The lowest BCUT2D eigenvalue weighted by molar-refractivity contribution is 0.101. The highest BCUT2D eigenvalue weighted by Gasteiger charge is 1.99. The number of anilines is 2. The van der Waals surface area contributed by atoms with E-state index in [1.165, 1.54) is 0 Å². The number of rotatable bonds is 3. The molecule has 0 bridgehead atoms. The summed E-state index contributed by atoms with van der Waals surface area (Å²) in [6.45, 7) is 1.57. The monoisotopic (exact) mass is 289 g/mol. The molecule has 0 fully saturated rings. The molecular weight excluding hydrogens is 278 g/mol. The maximum atomic E-state index is 11.1. The molecule has 2 nitrogen and oxygen atoms in total. The van der Waals surface area contributed by atoms with Crippen molar-refractivity contribution in [3.63, 3.8) is 0 Å². The molecule has 0 aliphatic rings. The summed E-state index contributed by atoms with van der Waals surface area (Å²) in [6, 6.07) is 15.4. The van der Waals surface area contributed by atoms with Crippen LogP contribution in [0.3, 0.4) is 0 Å². The van der Waals surface area contributed by atoms with Gasteiger partial charge < -0.3 is 5.32 Å². The Labute approximate surface area is 109 Å². The highest BCUT2D eigenvalue weighted by atomic mass is 79.9. The molecule has 0 spiro atoms. The standard InChI is InChI=1S/C14H12BrNO/c1-10(17)11-5-7-13(8-6-11)16-14-4-2-3-12(15)9-14/h2-9,16H,1H3. The lowest BCUT2D eigenvalue weighted by Gasteiger charge is -2.07. The lowest BCUT2D eigenvalue weighted by Crippen LogP contribution is -1.93. The van der Waals surface area contributed by atoms with Gasteiger partial charge in [0.25, 0.3) is 0 Å². The fourth-order valence-electron chi connectivity index (χ4n) is 1.52. The Morgan fingerprint density at radius 2 is 1.76 bits per heavy atom. The van der Waals surface area contributed by atoms with Gasteiger partial charge in [-0.15, -0.1) is 0 Å². The molecule has 2 rings (SSSR count). The first kappa shape index (κ1) is 11.9. The minimum atomic E-state index is 0.0824. The van der Waals surface area contributed by atoms with Gasteiger partial charge in [0.05, 0.1) is 0 Å². The fraction of sp³-hybridized carbons (Fsp3) is 0.0714. The van der Waals surface area contributed by atoms with Gasteiger partial charge in [0.2, 0.25) is 0 Å². The van der Waals surface area contributed by atoms with Crippen molar-refractivity contribution >= 4 is 33.1 Å². The van der Waals surface area contributed by atoms with Crippen LogP contribution in [0.4, 0.5) is 11.4 Å². The van der Waals surface area contributed by atoms with E-state index in [0.717, 1.165) is 21.4 Å². The van der Waals surface area contributed by atoms with E-state index in [0.29, 0.717) is 0 Å². The first-order chi connectivity index (χ1) is 8.15. The summed E-state index contributed by atoms with van der Waals surface area (Å²) in [7, 11) is 0. The molecular formula is C14H12BrNO. The van der Waals surface area contributed by atoms with Crippen LogP contribution >= 0.6 is 15.9 Å². The average molecular weight is 290 g/mol. The Hall–Kier alpha value is -1.61. The topological polar surface area (TPSA) is 29.1 Å². The normalized spacial score (nSPS) is 10.0. The predicted molar refractivity (Wildman–Crippen MR) is 73.9 cm³/mol. The highest BCUT2D eigenvalue weighted by Crippen LogP contribution is 2.20. The molecule has 0 aliphatic carbocycles. The second-order valence-electron chi connectivity index (χ2n) is 3.77. The summed E-state index contributed by atoms with van der Waals surface area (Å²) in [5, 5.41) is 3.27. The fourth-order valence-corrected chi connectivity index (χ4v) is 1.92. The van der Waals surface area contributed by atoms with Crippen LogP contribution in [0.25, 0.3) is 0 Å². The second-order valence-corrected chi connectivity index (χ2v) is 4.68. The van der Waals surface area contributed by atoms with Crippen LogP contribution in [0.5, 0.6) is 0 Å². The highest BCUT2D eigenvalue weighted by molar-refractivity contribution is 9.10. The van der Waals surface area contributed by atoms with Crippen LogP contribution in [0, 0.1) is 0 Å². The van der Waals surface area contributed by atoms with Gasteiger partial charge in [-0.05, 0) is 49.4 Å². The lowest BCUT2D eigenvalue weighted by atomic mass is 10.1. The number of benzene rings is 2. The Kier molecular flexibility index (Phi) is 3.59. The van der Waals surface area contributed by atoms with Crippen LogP contribution in [-0.4, -0.2) is 5.78 Å². The number of carbonyl (C=O) groups is 1. The van der Waals surface area contributed by atoms with Crippen molar-refractivity contribution in [2.24, 2.45) is 0 Å². The number of hydrogen-bond acceptors (Lipinski definition) is 2. The maximum Gasteiger partial charge on any atom is 0.159 e. The van der Waals surface area contributed by atoms with Gasteiger partial charge in [0.15, 0.2) is 5.78 Å². The smallest absolute Gasteiger partial charge is 0.159 e. The van der Waals surface area contributed by atoms with E-state index >= 15 is 0 Å². The molecule has 0 heterocycles. The maximum absolute atomic E-state index is 11.1. The zero-order valence-electron chi connectivity index (χ0n) is 9.41. The first-order valence-corrected chi connectivity index (χ1v) is 6.08. The number of ketones is 1. The minimum Gasteiger partial charge on any atom is -0.355 e. The summed E-state index contributed by atoms with van der Waals surface area (Å²) in [4.78, 5) is 11.1. The molecule has 0 radical (unpaired) electrons. The molecule has 17 heavy (non-hydrogen) atoms. The number of nitrogens with one attached hydrogen (secondary N) is 1. The number of hydrogen-bond donors (Lipinski definition) is 1. The first-order valence-electron chi connectivity index (χ1n) is 5.29. The largest absolute Gasteiger partial charge is 0.355 e. The van der Waals surface area contributed by atoms with Crippen molar-refractivity contribution in [2.45, 2.75) is 6.92 Å². The molecule has 1 N–H and O–H groups in total. The summed E-state index contributed by atoms with van der Waals surface area (Å²) >= 11 is 3.42. The van der Waals surface area contributed by atoms with Gasteiger partial charge in [-0.2, -0.15) is 0 Å². The number of Topliss-reactive ketones (excluding diaryl/α,β-unsaturated/α-hetero) is 1. The van der Waals surface area contributed by atoms with Gasteiger partial charge in [-0.1, -0.05) is 22.0 Å². The van der Waals surface area contributed by atoms with Crippen molar-refractivity contribution in [1.82, 2.24) is 0 Å². The molecule has 0 saturated heterocycles. The minimum absolute atomic E-state index is 0.0824. The van der Waals surface area contributed by atoms with Crippen molar-refractivity contribution in [3.05, 3.63) is 58.6 Å². The van der Waals surface area contributed by atoms with E-state index in [9.17, 15) is 4.79 Å². The second kappa shape index (κ2) is 5.15. The van der Waals surface area contributed by atoms with Gasteiger partial charge in [0.1, 0.15) is 0 Å². The molecule has 0 saturated carbocycles. The zero-order valence-corrected chi connectivity index (χ0v) is 11.0. The van der Waals surface area contributed by atoms with Crippen LogP contribution in [0.1, 0.15) is 17.3 Å². The molecule has 3 heteroatoms. The quantitative estimate of drug-likeness (QED) is 0.849. The van der Waals surface area contributed by atoms with Crippen LogP contribution in [0.15, 0.2) is 53.0 Å². The van der Waals surface area contributed by atoms with Crippen molar-refractivity contribution in [1.29, 1.82) is 0 Å². The third-order valence-corrected chi connectivity index (χ3v) is 2.90. The average Bonchev–Trinajstić information content (AvgIpc) is 2.29. The van der Waals surface area contributed by atoms with E-state index in [-0.39, 0.29) is 5.78 Å². The molecule has 2 aromatic rings. The van der Waals surface area contributed by atoms with E-state index in [1.807, 2.05) is 48.5 Å². The molecule has 0 aliphatic heterocycles. The third-order valence-electron chi connectivity index (χ3n) is 2.40. The van der Waals surface area contributed by atoms with E-state index < -0.39 is 0 Å². The molecule has 0 aromatic heterocycles. The summed E-state index contributed by atoms with van der Waals surface area (Å²) in [6.07, 6.45) is 0. The van der Waals surface area contributed by atoms with Gasteiger partial charge in [0, 0.05) is 21.4 Å². The van der Waals surface area contributed by atoms with E-state index in [4.69, 9.17) is 0 Å². The Morgan fingerprint density at radius 3 is 2.35 bits per heavy atom. The molecule has 2 aromatic carbocycles. The van der Waals surface area contributed by atoms with E-state index in [1.54, 1.807) is 6.92 Å². The SMILES string of the molecule is CC(=O)c1ccc(Nc2cccc(Br)c2)cc1. The van der Waals surface area contributed by atoms with Crippen molar-refractivity contribution in [3.8, 4) is 0 Å². The van der Waals surface area contributed by atoms with Crippen molar-refractivity contribution < 1.29 is 4.79 Å². The van der Waals surface area contributed by atoms with Crippen LogP contribution in [-0.2, 0) is 0 Å². The summed E-state index contributed by atoms with van der Waals surface area (Å²) < 4.78 is 1.03. The van der Waals surface area contributed by atoms with Gasteiger partial charge >= 0.3 is 0 Å². The van der Waals surface area contributed by atoms with Gasteiger partial charge in [-0.3, -0.25) is 4.79 Å². The molecule has 0 amide bonds. The number of halogens is 1. The third kappa shape index (κ3) is 3.17. The molecule has 86 valence electrons. The van der Waals surface area contributed by atoms with Gasteiger partial charge in [-0.25, -0.2) is 0 Å². The molecule has 0 unspecified atom stereocenters. The summed E-state index contributed by atoms with van der Waals surface area (Å²) in [5.74, 6) is 0.0824. The Morgan fingerprint density at radius 1 is 1.06 bits per heavy atom. The van der Waals surface area contributed by atoms with E-state index in [2.05, 4.69) is 21.2 Å². The Bertz CT molecular complexity index is 534. The number of carbonyl (C=O) groups excluding carboxylic acids is 1. The predicted octanol–water partition coefficient (Wildman–Crippen LogP) is 4.40. The zero-order chi connectivity index (χ0) is 12.3.